The zero-order valence-corrected chi connectivity index (χ0v) is 14.8. The standard InChI is InChI=1S/C19H16F3NO5/c1-12-7-18(25)28-16-8-13(4-5-15(12)16)27-10-17(24)23(11-19(20,21)22)9-14-3-2-6-26-14/h2-8H,9-11H2,1H3. The third kappa shape index (κ3) is 4.93. The highest BCUT2D eigenvalue weighted by Gasteiger charge is 2.33. The van der Waals surface area contributed by atoms with Crippen LogP contribution in [0.3, 0.4) is 0 Å². The maximum Gasteiger partial charge on any atom is 0.406 e. The van der Waals surface area contributed by atoms with Gasteiger partial charge in [0.2, 0.25) is 0 Å². The molecule has 1 amide bonds. The molecule has 6 nitrogen and oxygen atoms in total. The third-order valence-electron chi connectivity index (χ3n) is 3.93. The van der Waals surface area contributed by atoms with Gasteiger partial charge in [0.05, 0.1) is 12.8 Å². The van der Waals surface area contributed by atoms with Crippen LogP contribution in [0.2, 0.25) is 0 Å². The first-order valence-corrected chi connectivity index (χ1v) is 8.25. The van der Waals surface area contributed by atoms with Crippen molar-refractivity contribution in [1.29, 1.82) is 0 Å². The summed E-state index contributed by atoms with van der Waals surface area (Å²) in [4.78, 5) is 24.4. The van der Waals surface area contributed by atoms with Gasteiger partial charge in [0.15, 0.2) is 6.61 Å². The summed E-state index contributed by atoms with van der Waals surface area (Å²) < 4.78 is 53.8. The molecule has 0 saturated carbocycles. The summed E-state index contributed by atoms with van der Waals surface area (Å²) in [6, 6.07) is 8.94. The first-order valence-electron chi connectivity index (χ1n) is 8.25. The van der Waals surface area contributed by atoms with Crippen molar-refractivity contribution in [3.05, 3.63) is 64.4 Å². The van der Waals surface area contributed by atoms with Gasteiger partial charge in [-0.2, -0.15) is 13.2 Å². The lowest BCUT2D eigenvalue weighted by Crippen LogP contribution is -2.40. The minimum Gasteiger partial charge on any atom is -0.484 e. The molecule has 9 heteroatoms. The van der Waals surface area contributed by atoms with Gasteiger partial charge in [-0.1, -0.05) is 0 Å². The van der Waals surface area contributed by atoms with E-state index in [0.29, 0.717) is 15.8 Å². The van der Waals surface area contributed by atoms with Crippen LogP contribution in [0.5, 0.6) is 5.75 Å². The summed E-state index contributed by atoms with van der Waals surface area (Å²) in [6.07, 6.45) is -3.25. The number of nitrogens with zero attached hydrogens (tertiary/aromatic N) is 1. The molecule has 2 aromatic heterocycles. The summed E-state index contributed by atoms with van der Waals surface area (Å²) in [5.41, 5.74) is 0.439. The van der Waals surface area contributed by atoms with Crippen LogP contribution in [-0.2, 0) is 11.3 Å². The highest BCUT2D eigenvalue weighted by atomic mass is 19.4. The van der Waals surface area contributed by atoms with Gasteiger partial charge < -0.3 is 18.5 Å². The van der Waals surface area contributed by atoms with Crippen LogP contribution in [0, 0.1) is 6.92 Å². The molecule has 0 N–H and O–H groups in total. The maximum absolute atomic E-state index is 12.8. The fourth-order valence-corrected chi connectivity index (χ4v) is 2.67. The summed E-state index contributed by atoms with van der Waals surface area (Å²) in [5.74, 6) is -0.445. The van der Waals surface area contributed by atoms with Crippen molar-refractivity contribution in [3.63, 3.8) is 0 Å². The largest absolute Gasteiger partial charge is 0.484 e. The van der Waals surface area contributed by atoms with Crippen LogP contribution in [0.1, 0.15) is 11.3 Å². The highest BCUT2D eigenvalue weighted by molar-refractivity contribution is 5.81. The fraction of sp³-hybridized carbons (Fsp3) is 0.263. The second kappa shape index (κ2) is 7.79. The van der Waals surface area contributed by atoms with Crippen LogP contribution in [0.15, 0.2) is 56.3 Å². The summed E-state index contributed by atoms with van der Waals surface area (Å²) in [6.45, 7) is -0.631. The Bertz CT molecular complexity index is 1020. The molecule has 0 aliphatic rings. The van der Waals surface area contributed by atoms with Crippen LogP contribution in [0.25, 0.3) is 11.0 Å². The Balaban J connectivity index is 1.72. The molecule has 0 aliphatic carbocycles. The Labute approximate surface area is 157 Å². The number of hydrogen-bond donors (Lipinski definition) is 0. The van der Waals surface area contributed by atoms with Crippen LogP contribution in [-0.4, -0.2) is 30.1 Å². The quantitative estimate of drug-likeness (QED) is 0.596. The number of amides is 1. The fourth-order valence-electron chi connectivity index (χ4n) is 2.67. The molecule has 0 fully saturated rings. The van der Waals surface area contributed by atoms with Gasteiger partial charge in [-0.15, -0.1) is 0 Å². The van der Waals surface area contributed by atoms with Crippen LogP contribution < -0.4 is 10.4 Å². The number of aryl methyl sites for hydroxylation is 1. The van der Waals surface area contributed by atoms with E-state index in [9.17, 15) is 22.8 Å². The van der Waals surface area contributed by atoms with E-state index in [1.807, 2.05) is 0 Å². The molecule has 1 aromatic carbocycles. The Kier molecular flexibility index (Phi) is 5.43. The molecule has 0 radical (unpaired) electrons. The number of carbonyl (C=O) groups excluding carboxylic acids is 1. The summed E-state index contributed by atoms with van der Waals surface area (Å²) >= 11 is 0. The van der Waals surface area contributed by atoms with Gasteiger partial charge >= 0.3 is 11.8 Å². The lowest BCUT2D eigenvalue weighted by Gasteiger charge is -2.23. The zero-order chi connectivity index (χ0) is 20.3. The molecular weight excluding hydrogens is 379 g/mol. The zero-order valence-electron chi connectivity index (χ0n) is 14.8. The summed E-state index contributed by atoms with van der Waals surface area (Å²) in [7, 11) is 0. The first-order chi connectivity index (χ1) is 13.2. The normalized spacial score (nSPS) is 11.6. The molecule has 0 atom stereocenters. The second-order valence-corrected chi connectivity index (χ2v) is 6.14. The van der Waals surface area contributed by atoms with Gasteiger partial charge in [0.25, 0.3) is 5.91 Å². The van der Waals surface area contributed by atoms with E-state index in [2.05, 4.69) is 0 Å². The number of ether oxygens (including phenoxy) is 1. The Morgan fingerprint density at radius 1 is 1.21 bits per heavy atom. The molecule has 0 aliphatic heterocycles. The van der Waals surface area contributed by atoms with Crippen molar-refractivity contribution < 1.29 is 31.5 Å². The molecule has 0 bridgehead atoms. The number of benzene rings is 1. The second-order valence-electron chi connectivity index (χ2n) is 6.14. The minimum absolute atomic E-state index is 0.194. The monoisotopic (exact) mass is 395 g/mol. The number of furan rings is 1. The average molecular weight is 395 g/mol. The van der Waals surface area contributed by atoms with E-state index in [-0.39, 0.29) is 23.6 Å². The highest BCUT2D eigenvalue weighted by Crippen LogP contribution is 2.23. The van der Waals surface area contributed by atoms with Gasteiger partial charge in [0, 0.05) is 17.5 Å². The van der Waals surface area contributed by atoms with Crippen LogP contribution >= 0.6 is 0 Å². The molecule has 0 spiro atoms. The van der Waals surface area contributed by atoms with Gasteiger partial charge in [0.1, 0.15) is 23.6 Å². The molecule has 3 rings (SSSR count). The van der Waals surface area contributed by atoms with E-state index < -0.39 is 30.9 Å². The number of fused-ring (bicyclic) bond motifs is 1. The van der Waals surface area contributed by atoms with Crippen molar-refractivity contribution in [2.75, 3.05) is 13.2 Å². The first kappa shape index (κ1) is 19.5. The van der Waals surface area contributed by atoms with Crippen molar-refractivity contribution in [3.8, 4) is 5.75 Å². The van der Waals surface area contributed by atoms with Crippen molar-refractivity contribution in [2.24, 2.45) is 0 Å². The van der Waals surface area contributed by atoms with E-state index in [4.69, 9.17) is 13.6 Å². The van der Waals surface area contributed by atoms with E-state index in [0.717, 1.165) is 0 Å². The van der Waals surface area contributed by atoms with Gasteiger partial charge in [-0.05, 0) is 36.8 Å². The van der Waals surface area contributed by atoms with Gasteiger partial charge in [-0.25, -0.2) is 4.79 Å². The minimum atomic E-state index is -4.56. The number of alkyl halides is 3. The van der Waals surface area contributed by atoms with Crippen molar-refractivity contribution in [2.45, 2.75) is 19.6 Å². The predicted molar refractivity (Wildman–Crippen MR) is 92.9 cm³/mol. The Hall–Kier alpha value is -3.23. The van der Waals surface area contributed by atoms with E-state index in [1.54, 1.807) is 19.1 Å². The Morgan fingerprint density at radius 3 is 2.68 bits per heavy atom. The number of carbonyl (C=O) groups is 1. The molecular formula is C19H16F3NO5. The molecule has 0 unspecified atom stereocenters. The van der Waals surface area contributed by atoms with Gasteiger partial charge in [-0.3, -0.25) is 4.79 Å². The lowest BCUT2D eigenvalue weighted by atomic mass is 10.1. The predicted octanol–water partition coefficient (Wildman–Crippen LogP) is 3.66. The maximum atomic E-state index is 12.8. The average Bonchev–Trinajstić information content (AvgIpc) is 3.10. The number of hydrogen-bond acceptors (Lipinski definition) is 5. The molecule has 0 saturated heterocycles. The van der Waals surface area contributed by atoms with Crippen LogP contribution in [0.4, 0.5) is 13.2 Å². The third-order valence-corrected chi connectivity index (χ3v) is 3.93. The molecule has 148 valence electrons. The topological polar surface area (TPSA) is 72.9 Å². The lowest BCUT2D eigenvalue weighted by molar-refractivity contribution is -0.164. The van der Waals surface area contributed by atoms with E-state index >= 15 is 0 Å². The number of rotatable bonds is 6. The van der Waals surface area contributed by atoms with Crippen molar-refractivity contribution >= 4 is 16.9 Å². The Morgan fingerprint density at radius 2 is 2.00 bits per heavy atom. The SMILES string of the molecule is Cc1cc(=O)oc2cc(OCC(=O)N(Cc3ccco3)CC(F)(F)F)ccc12. The molecule has 28 heavy (non-hydrogen) atoms. The molecule has 2 heterocycles. The summed E-state index contributed by atoms with van der Waals surface area (Å²) in [5, 5.41) is 0.690. The van der Waals surface area contributed by atoms with E-state index in [1.165, 1.54) is 30.5 Å². The molecule has 3 aromatic rings. The smallest absolute Gasteiger partial charge is 0.406 e. The number of halogens is 3. The van der Waals surface area contributed by atoms with Crippen molar-refractivity contribution in [1.82, 2.24) is 4.90 Å².